The number of rotatable bonds is 8. The number of hydrogen-bond donors (Lipinski definition) is 3. The van der Waals surface area contributed by atoms with Gasteiger partial charge in [0.05, 0.1) is 0 Å². The fourth-order valence-corrected chi connectivity index (χ4v) is 2.21. The van der Waals surface area contributed by atoms with Crippen molar-refractivity contribution in [1.82, 2.24) is 10.2 Å². The molecule has 4 N–H and O–H groups in total. The molecule has 1 atom stereocenters. The molecule has 5 heteroatoms. The summed E-state index contributed by atoms with van der Waals surface area (Å²) in [6, 6.07) is 1.89. The summed E-state index contributed by atoms with van der Waals surface area (Å²) in [7, 11) is 0. The molecular weight excluding hydrogens is 240 g/mol. The van der Waals surface area contributed by atoms with E-state index in [4.69, 9.17) is 5.73 Å². The van der Waals surface area contributed by atoms with Crippen LogP contribution in [0.2, 0.25) is 0 Å². The lowest BCUT2D eigenvalue weighted by Crippen LogP contribution is -2.23. The van der Waals surface area contributed by atoms with Gasteiger partial charge in [-0.2, -0.15) is 5.10 Å². The minimum absolute atomic E-state index is 0.00866. The molecule has 5 nitrogen and oxygen atoms in total. The number of carbonyl (C=O) groups is 1. The van der Waals surface area contributed by atoms with Crippen LogP contribution in [0.3, 0.4) is 0 Å². The molecule has 1 aromatic rings. The van der Waals surface area contributed by atoms with Gasteiger partial charge < -0.3 is 11.1 Å². The summed E-state index contributed by atoms with van der Waals surface area (Å²) in [5.41, 5.74) is 6.76. The Balaban J connectivity index is 2.44. The molecule has 0 saturated heterocycles. The fraction of sp³-hybridized carbons (Fsp3) is 0.714. The molecule has 1 unspecified atom stereocenters. The number of nitrogens with zero attached hydrogens (tertiary/aromatic N) is 1. The highest BCUT2D eigenvalue weighted by Gasteiger charge is 2.15. The normalized spacial score (nSPS) is 12.7. The number of aryl methyl sites for hydroxylation is 1. The summed E-state index contributed by atoms with van der Waals surface area (Å²) < 4.78 is 0. The molecule has 0 bridgehead atoms. The number of amides is 1. The lowest BCUT2D eigenvalue weighted by Gasteiger charge is -2.15. The van der Waals surface area contributed by atoms with Gasteiger partial charge in [0, 0.05) is 18.2 Å². The summed E-state index contributed by atoms with van der Waals surface area (Å²) >= 11 is 0. The molecule has 0 saturated carbocycles. The molecule has 0 aromatic carbocycles. The number of aromatic nitrogens is 2. The maximum atomic E-state index is 11.9. The third-order valence-corrected chi connectivity index (χ3v) is 3.03. The lowest BCUT2D eigenvalue weighted by molar-refractivity contribution is -0.117. The maximum Gasteiger partial charge on any atom is 0.225 e. The first-order valence-electron chi connectivity index (χ1n) is 7.09. The van der Waals surface area contributed by atoms with Gasteiger partial charge in [-0.05, 0) is 31.2 Å². The zero-order chi connectivity index (χ0) is 14.3. The maximum absolute atomic E-state index is 11.9. The second kappa shape index (κ2) is 7.94. The van der Waals surface area contributed by atoms with Crippen molar-refractivity contribution < 1.29 is 4.79 Å². The fourth-order valence-electron chi connectivity index (χ4n) is 2.21. The molecule has 108 valence electrons. The average Bonchev–Trinajstić information content (AvgIpc) is 2.75. The molecule has 1 heterocycles. The molecule has 0 aliphatic heterocycles. The van der Waals surface area contributed by atoms with E-state index in [1.165, 1.54) is 0 Å². The van der Waals surface area contributed by atoms with Gasteiger partial charge in [0.1, 0.15) is 0 Å². The second-order valence-electron chi connectivity index (χ2n) is 5.51. The van der Waals surface area contributed by atoms with Gasteiger partial charge in [-0.15, -0.1) is 0 Å². The summed E-state index contributed by atoms with van der Waals surface area (Å²) in [6.45, 7) is 6.95. The van der Waals surface area contributed by atoms with E-state index in [0.29, 0.717) is 24.7 Å². The Morgan fingerprint density at radius 1 is 1.53 bits per heavy atom. The number of anilines is 1. The SMILES string of the molecule is CCCc1cc(NC(=O)CC(CN)CC(C)C)n[nH]1. The van der Waals surface area contributed by atoms with Gasteiger partial charge in [-0.3, -0.25) is 9.89 Å². The van der Waals surface area contributed by atoms with Crippen molar-refractivity contribution in [2.24, 2.45) is 17.6 Å². The van der Waals surface area contributed by atoms with E-state index in [2.05, 4.69) is 36.3 Å². The molecule has 0 spiro atoms. The van der Waals surface area contributed by atoms with Crippen molar-refractivity contribution in [2.45, 2.75) is 46.5 Å². The summed E-state index contributed by atoms with van der Waals surface area (Å²) in [6.07, 6.45) is 3.44. The largest absolute Gasteiger partial charge is 0.330 e. The van der Waals surface area contributed by atoms with Gasteiger partial charge in [0.15, 0.2) is 5.82 Å². The Morgan fingerprint density at radius 3 is 2.84 bits per heavy atom. The number of carbonyl (C=O) groups excluding carboxylic acids is 1. The Hall–Kier alpha value is -1.36. The van der Waals surface area contributed by atoms with Crippen LogP contribution in [0.15, 0.2) is 6.07 Å². The van der Waals surface area contributed by atoms with Gasteiger partial charge in [0.25, 0.3) is 0 Å². The number of H-pyrrole nitrogens is 1. The van der Waals surface area contributed by atoms with Crippen molar-refractivity contribution >= 4 is 11.7 Å². The summed E-state index contributed by atoms with van der Waals surface area (Å²) in [5, 5.41) is 9.82. The molecule has 0 aliphatic rings. The van der Waals surface area contributed by atoms with E-state index in [9.17, 15) is 4.79 Å². The number of aromatic amines is 1. The van der Waals surface area contributed by atoms with Crippen molar-refractivity contribution in [3.63, 3.8) is 0 Å². The van der Waals surface area contributed by atoms with E-state index in [-0.39, 0.29) is 11.8 Å². The van der Waals surface area contributed by atoms with E-state index in [1.54, 1.807) is 0 Å². The Morgan fingerprint density at radius 2 is 2.26 bits per heavy atom. The smallest absolute Gasteiger partial charge is 0.225 e. The summed E-state index contributed by atoms with van der Waals surface area (Å²) in [4.78, 5) is 11.9. The van der Waals surface area contributed by atoms with Crippen LogP contribution >= 0.6 is 0 Å². The van der Waals surface area contributed by atoms with Crippen LogP contribution in [-0.4, -0.2) is 22.6 Å². The standard InChI is InChI=1S/C14H26N4O/c1-4-5-12-8-13(18-17-12)16-14(19)7-11(9-15)6-10(2)3/h8,10-11H,4-7,9,15H2,1-3H3,(H2,16,17,18,19). The molecule has 0 fully saturated rings. The van der Waals surface area contributed by atoms with Crippen LogP contribution in [0.25, 0.3) is 0 Å². The zero-order valence-corrected chi connectivity index (χ0v) is 12.2. The first-order chi connectivity index (χ1) is 9.05. The third-order valence-electron chi connectivity index (χ3n) is 3.03. The molecule has 0 radical (unpaired) electrons. The quantitative estimate of drug-likeness (QED) is 0.675. The molecule has 1 amide bonds. The highest BCUT2D eigenvalue weighted by atomic mass is 16.1. The number of nitrogens with one attached hydrogen (secondary N) is 2. The van der Waals surface area contributed by atoms with Gasteiger partial charge >= 0.3 is 0 Å². The molecule has 0 aliphatic carbocycles. The van der Waals surface area contributed by atoms with Crippen LogP contribution < -0.4 is 11.1 Å². The minimum atomic E-state index is -0.00866. The Bertz CT molecular complexity index is 387. The predicted molar refractivity (Wildman–Crippen MR) is 77.8 cm³/mol. The topological polar surface area (TPSA) is 83.8 Å². The Labute approximate surface area is 115 Å². The van der Waals surface area contributed by atoms with Crippen LogP contribution in [0.4, 0.5) is 5.82 Å². The molecular formula is C14H26N4O. The van der Waals surface area contributed by atoms with Crippen LogP contribution in [0, 0.1) is 11.8 Å². The van der Waals surface area contributed by atoms with E-state index in [1.807, 2.05) is 6.07 Å². The lowest BCUT2D eigenvalue weighted by atomic mass is 9.94. The van der Waals surface area contributed by atoms with E-state index >= 15 is 0 Å². The van der Waals surface area contributed by atoms with Gasteiger partial charge in [-0.1, -0.05) is 27.2 Å². The predicted octanol–water partition coefficient (Wildman–Crippen LogP) is 2.31. The zero-order valence-electron chi connectivity index (χ0n) is 12.2. The highest BCUT2D eigenvalue weighted by molar-refractivity contribution is 5.89. The monoisotopic (exact) mass is 266 g/mol. The van der Waals surface area contributed by atoms with Crippen molar-refractivity contribution in [3.05, 3.63) is 11.8 Å². The number of hydrogen-bond acceptors (Lipinski definition) is 3. The van der Waals surface area contributed by atoms with Crippen molar-refractivity contribution in [1.29, 1.82) is 0 Å². The molecule has 1 rings (SSSR count). The second-order valence-corrected chi connectivity index (χ2v) is 5.51. The van der Waals surface area contributed by atoms with Crippen LogP contribution in [-0.2, 0) is 11.2 Å². The van der Waals surface area contributed by atoms with E-state index < -0.39 is 0 Å². The number of nitrogens with two attached hydrogens (primary N) is 1. The summed E-state index contributed by atoms with van der Waals surface area (Å²) in [5.74, 6) is 1.40. The van der Waals surface area contributed by atoms with Gasteiger partial charge in [-0.25, -0.2) is 0 Å². The first kappa shape index (κ1) is 15.7. The van der Waals surface area contributed by atoms with Crippen molar-refractivity contribution in [3.8, 4) is 0 Å². The first-order valence-corrected chi connectivity index (χ1v) is 7.09. The van der Waals surface area contributed by atoms with Crippen LogP contribution in [0.5, 0.6) is 0 Å². The molecule has 1 aromatic heterocycles. The van der Waals surface area contributed by atoms with E-state index in [0.717, 1.165) is 25.0 Å². The Kier molecular flexibility index (Phi) is 6.56. The van der Waals surface area contributed by atoms with Crippen molar-refractivity contribution in [2.75, 3.05) is 11.9 Å². The minimum Gasteiger partial charge on any atom is -0.330 e. The molecule has 19 heavy (non-hydrogen) atoms. The van der Waals surface area contributed by atoms with Crippen LogP contribution in [0.1, 0.15) is 45.7 Å². The average molecular weight is 266 g/mol. The highest BCUT2D eigenvalue weighted by Crippen LogP contribution is 2.15. The van der Waals surface area contributed by atoms with Gasteiger partial charge in [0.2, 0.25) is 5.91 Å². The third kappa shape index (κ3) is 5.87.